The number of hydrogen-bond donors (Lipinski definition) is 1. The molecule has 0 aliphatic heterocycles. The van der Waals surface area contributed by atoms with Crippen LogP contribution in [0.4, 0.5) is 0 Å². The third-order valence-electron chi connectivity index (χ3n) is 0.918. The van der Waals surface area contributed by atoms with Gasteiger partial charge in [-0.3, -0.25) is 0 Å². The Morgan fingerprint density at radius 3 is 2.91 bits per heavy atom. The summed E-state index contributed by atoms with van der Waals surface area (Å²) in [5, 5.41) is 16.0. The van der Waals surface area contributed by atoms with E-state index in [2.05, 4.69) is 10.2 Å². The first-order valence-electron chi connectivity index (χ1n) is 2.78. The molecular formula is C5H6N2O3S. The van der Waals surface area contributed by atoms with Crippen LogP contribution in [-0.4, -0.2) is 28.4 Å². The molecule has 0 fully saturated rings. The molecule has 1 aromatic rings. The largest absolute Gasteiger partial charge is 0.476 e. The SMILES string of the molecule is COCc1nnc(C(=O)O)s1. The highest BCUT2D eigenvalue weighted by Gasteiger charge is 2.09. The highest BCUT2D eigenvalue weighted by Crippen LogP contribution is 2.09. The van der Waals surface area contributed by atoms with Gasteiger partial charge in [0.15, 0.2) is 0 Å². The number of methoxy groups -OCH3 is 1. The smallest absolute Gasteiger partial charge is 0.367 e. The van der Waals surface area contributed by atoms with Crippen LogP contribution < -0.4 is 0 Å². The molecule has 0 aliphatic carbocycles. The van der Waals surface area contributed by atoms with Crippen LogP contribution in [0.15, 0.2) is 0 Å². The number of carboxylic acid groups (broad SMARTS) is 1. The van der Waals surface area contributed by atoms with Gasteiger partial charge in [-0.25, -0.2) is 4.79 Å². The lowest BCUT2D eigenvalue weighted by Crippen LogP contribution is -1.93. The van der Waals surface area contributed by atoms with Crippen LogP contribution in [-0.2, 0) is 11.3 Å². The van der Waals surface area contributed by atoms with E-state index in [0.717, 1.165) is 11.3 Å². The monoisotopic (exact) mass is 174 g/mol. The van der Waals surface area contributed by atoms with Crippen molar-refractivity contribution >= 4 is 17.3 Å². The number of aromatic nitrogens is 2. The molecule has 0 bridgehead atoms. The molecule has 1 heterocycles. The standard InChI is InChI=1S/C5H6N2O3S/c1-10-2-3-6-7-4(11-3)5(8)9/h2H2,1H3,(H,8,9). The molecule has 6 heteroatoms. The van der Waals surface area contributed by atoms with Crippen LogP contribution in [0.1, 0.15) is 14.8 Å². The van der Waals surface area contributed by atoms with Crippen molar-refractivity contribution in [2.24, 2.45) is 0 Å². The van der Waals surface area contributed by atoms with Crippen molar-refractivity contribution in [1.29, 1.82) is 0 Å². The van der Waals surface area contributed by atoms with Gasteiger partial charge in [0.25, 0.3) is 0 Å². The van der Waals surface area contributed by atoms with Crippen LogP contribution in [0.2, 0.25) is 0 Å². The van der Waals surface area contributed by atoms with Crippen molar-refractivity contribution in [3.8, 4) is 0 Å². The Hall–Kier alpha value is -1.01. The third kappa shape index (κ3) is 1.95. The number of hydrogen-bond acceptors (Lipinski definition) is 5. The lowest BCUT2D eigenvalue weighted by atomic mass is 10.7. The Labute approximate surface area is 66.6 Å². The molecule has 1 rings (SSSR count). The van der Waals surface area contributed by atoms with Crippen LogP contribution in [0.5, 0.6) is 0 Å². The molecule has 1 N–H and O–H groups in total. The average Bonchev–Trinajstić information content (AvgIpc) is 2.37. The fourth-order valence-electron chi connectivity index (χ4n) is 0.522. The van der Waals surface area contributed by atoms with Crippen LogP contribution >= 0.6 is 11.3 Å². The van der Waals surface area contributed by atoms with E-state index < -0.39 is 5.97 Å². The molecule has 5 nitrogen and oxygen atoms in total. The number of nitrogens with zero attached hydrogens (tertiary/aromatic N) is 2. The molecule has 0 saturated carbocycles. The summed E-state index contributed by atoms with van der Waals surface area (Å²) in [4.78, 5) is 10.3. The van der Waals surface area contributed by atoms with Gasteiger partial charge in [0, 0.05) is 7.11 Å². The van der Waals surface area contributed by atoms with E-state index in [0.29, 0.717) is 11.6 Å². The molecule has 0 aliphatic rings. The Morgan fingerprint density at radius 2 is 2.45 bits per heavy atom. The van der Waals surface area contributed by atoms with Gasteiger partial charge in [0.05, 0.1) is 6.61 Å². The first kappa shape index (κ1) is 8.09. The molecule has 11 heavy (non-hydrogen) atoms. The molecule has 0 radical (unpaired) electrons. The van der Waals surface area contributed by atoms with Gasteiger partial charge < -0.3 is 9.84 Å². The van der Waals surface area contributed by atoms with Crippen LogP contribution in [0, 0.1) is 0 Å². The van der Waals surface area contributed by atoms with E-state index in [1.54, 1.807) is 0 Å². The topological polar surface area (TPSA) is 72.3 Å². The minimum atomic E-state index is -1.05. The zero-order chi connectivity index (χ0) is 8.27. The summed E-state index contributed by atoms with van der Waals surface area (Å²) < 4.78 is 4.74. The summed E-state index contributed by atoms with van der Waals surface area (Å²) in [5.41, 5.74) is 0. The maximum atomic E-state index is 10.3. The summed E-state index contributed by atoms with van der Waals surface area (Å²) in [7, 11) is 1.52. The number of carbonyl (C=O) groups is 1. The first-order valence-corrected chi connectivity index (χ1v) is 3.60. The number of ether oxygens (including phenoxy) is 1. The quantitative estimate of drug-likeness (QED) is 0.717. The number of carboxylic acids is 1. The van der Waals surface area contributed by atoms with Crippen LogP contribution in [0.3, 0.4) is 0 Å². The maximum absolute atomic E-state index is 10.3. The number of aromatic carboxylic acids is 1. The lowest BCUT2D eigenvalue weighted by molar-refractivity contribution is 0.0695. The van der Waals surface area contributed by atoms with Gasteiger partial charge in [-0.05, 0) is 0 Å². The van der Waals surface area contributed by atoms with Gasteiger partial charge in [-0.1, -0.05) is 11.3 Å². The molecule has 0 saturated heterocycles. The van der Waals surface area contributed by atoms with E-state index in [9.17, 15) is 4.79 Å². The molecule has 60 valence electrons. The van der Waals surface area contributed by atoms with Crippen molar-refractivity contribution < 1.29 is 14.6 Å². The molecule has 1 aromatic heterocycles. The normalized spacial score (nSPS) is 9.91. The molecule has 0 unspecified atom stereocenters. The summed E-state index contributed by atoms with van der Waals surface area (Å²) in [6, 6.07) is 0. The summed E-state index contributed by atoms with van der Waals surface area (Å²) >= 11 is 1.02. The third-order valence-corrected chi connectivity index (χ3v) is 1.80. The Balaban J connectivity index is 2.73. The van der Waals surface area contributed by atoms with Gasteiger partial charge in [-0.15, -0.1) is 10.2 Å². The molecule has 0 spiro atoms. The van der Waals surface area contributed by atoms with Crippen molar-refractivity contribution in [2.75, 3.05) is 7.11 Å². The van der Waals surface area contributed by atoms with Crippen molar-refractivity contribution in [2.45, 2.75) is 6.61 Å². The molecule has 0 amide bonds. The van der Waals surface area contributed by atoms with E-state index in [1.165, 1.54) is 7.11 Å². The lowest BCUT2D eigenvalue weighted by Gasteiger charge is -1.86. The van der Waals surface area contributed by atoms with Gasteiger partial charge in [-0.2, -0.15) is 0 Å². The number of rotatable bonds is 3. The fraction of sp³-hybridized carbons (Fsp3) is 0.400. The van der Waals surface area contributed by atoms with E-state index >= 15 is 0 Å². The van der Waals surface area contributed by atoms with Crippen molar-refractivity contribution in [3.05, 3.63) is 10.0 Å². The maximum Gasteiger partial charge on any atom is 0.367 e. The molecule has 0 aromatic carbocycles. The zero-order valence-electron chi connectivity index (χ0n) is 5.77. The molecule has 0 atom stereocenters. The van der Waals surface area contributed by atoms with E-state index in [1.807, 2.05) is 0 Å². The first-order chi connectivity index (χ1) is 5.24. The highest BCUT2D eigenvalue weighted by atomic mass is 32.1. The second-order valence-corrected chi connectivity index (χ2v) is 2.80. The predicted molar refractivity (Wildman–Crippen MR) is 37.6 cm³/mol. The van der Waals surface area contributed by atoms with Crippen LogP contribution in [0.25, 0.3) is 0 Å². The Morgan fingerprint density at radius 1 is 1.73 bits per heavy atom. The molecular weight excluding hydrogens is 168 g/mol. The average molecular weight is 174 g/mol. The predicted octanol–water partition coefficient (Wildman–Crippen LogP) is 0.383. The van der Waals surface area contributed by atoms with E-state index in [-0.39, 0.29) is 5.01 Å². The highest BCUT2D eigenvalue weighted by molar-refractivity contribution is 7.13. The minimum Gasteiger partial charge on any atom is -0.476 e. The fourth-order valence-corrected chi connectivity index (χ4v) is 1.17. The van der Waals surface area contributed by atoms with Crippen molar-refractivity contribution in [3.63, 3.8) is 0 Å². The van der Waals surface area contributed by atoms with Crippen molar-refractivity contribution in [1.82, 2.24) is 10.2 Å². The second kappa shape index (κ2) is 3.40. The summed E-state index contributed by atoms with van der Waals surface area (Å²) in [5.74, 6) is -1.05. The second-order valence-electron chi connectivity index (χ2n) is 1.74. The van der Waals surface area contributed by atoms with Gasteiger partial charge >= 0.3 is 5.97 Å². The van der Waals surface area contributed by atoms with E-state index in [4.69, 9.17) is 9.84 Å². The van der Waals surface area contributed by atoms with Gasteiger partial charge in [0.2, 0.25) is 5.01 Å². The minimum absolute atomic E-state index is 0.00273. The summed E-state index contributed by atoms with van der Waals surface area (Å²) in [6.45, 7) is 0.310. The van der Waals surface area contributed by atoms with Gasteiger partial charge in [0.1, 0.15) is 5.01 Å². The Bertz CT molecular complexity index is 260. The zero-order valence-corrected chi connectivity index (χ0v) is 6.59. The Kier molecular flexibility index (Phi) is 2.50. The summed E-state index contributed by atoms with van der Waals surface area (Å²) in [6.07, 6.45) is 0.